The zero-order chi connectivity index (χ0) is 22.8. The molecule has 0 bridgehead atoms. The van der Waals surface area contributed by atoms with Gasteiger partial charge in [-0.2, -0.15) is 0 Å². The standard InChI is InChI=1S/C25H21FN6O/c1-16-13-28-11-8-20(16)25(33)32-12-9-22-21(15-32)24(29-19-6-4-18(26)5-7-19)31-23(30-22)17-3-2-10-27-14-17/h2-8,10-11,13-14H,9,12,15H2,1H3,(H,29,30,31). The third-order valence-corrected chi connectivity index (χ3v) is 5.62. The number of fused-ring (bicyclic) bond motifs is 1. The monoisotopic (exact) mass is 440 g/mol. The lowest BCUT2D eigenvalue weighted by Crippen LogP contribution is -2.37. The number of carbonyl (C=O) groups is 1. The van der Waals surface area contributed by atoms with Gasteiger partial charge in [0.2, 0.25) is 0 Å². The van der Waals surface area contributed by atoms with Crippen LogP contribution < -0.4 is 5.32 Å². The molecule has 0 spiro atoms. The summed E-state index contributed by atoms with van der Waals surface area (Å²) in [6.07, 6.45) is 7.33. The summed E-state index contributed by atoms with van der Waals surface area (Å²) >= 11 is 0. The lowest BCUT2D eigenvalue weighted by atomic mass is 10.0. The Labute approximate surface area is 190 Å². The fourth-order valence-corrected chi connectivity index (χ4v) is 3.87. The quantitative estimate of drug-likeness (QED) is 0.509. The number of hydrogen-bond acceptors (Lipinski definition) is 6. The molecule has 0 atom stereocenters. The van der Waals surface area contributed by atoms with E-state index in [9.17, 15) is 9.18 Å². The number of amides is 1. The van der Waals surface area contributed by atoms with Crippen molar-refractivity contribution in [3.8, 4) is 11.4 Å². The van der Waals surface area contributed by atoms with E-state index in [0.717, 1.165) is 22.4 Å². The minimum Gasteiger partial charge on any atom is -0.340 e. The van der Waals surface area contributed by atoms with Gasteiger partial charge in [0.15, 0.2) is 5.82 Å². The molecule has 8 heteroatoms. The molecule has 0 saturated heterocycles. The summed E-state index contributed by atoms with van der Waals surface area (Å²) in [4.78, 5) is 32.8. The van der Waals surface area contributed by atoms with Gasteiger partial charge in [0.25, 0.3) is 5.91 Å². The van der Waals surface area contributed by atoms with E-state index in [1.807, 2.05) is 19.1 Å². The van der Waals surface area contributed by atoms with Gasteiger partial charge in [-0.15, -0.1) is 0 Å². The summed E-state index contributed by atoms with van der Waals surface area (Å²) in [6.45, 7) is 2.79. The number of aromatic nitrogens is 4. The van der Waals surface area contributed by atoms with E-state index in [4.69, 9.17) is 9.97 Å². The Balaban J connectivity index is 1.53. The molecule has 0 aliphatic carbocycles. The van der Waals surface area contributed by atoms with Crippen LogP contribution in [0.4, 0.5) is 15.9 Å². The predicted molar refractivity (Wildman–Crippen MR) is 122 cm³/mol. The van der Waals surface area contributed by atoms with Crippen LogP contribution in [0.2, 0.25) is 0 Å². The van der Waals surface area contributed by atoms with Crippen molar-refractivity contribution in [1.29, 1.82) is 0 Å². The first kappa shape index (κ1) is 20.7. The number of pyridine rings is 2. The molecule has 1 N–H and O–H groups in total. The summed E-state index contributed by atoms with van der Waals surface area (Å²) in [7, 11) is 0. The molecule has 1 amide bonds. The minimum atomic E-state index is -0.314. The Kier molecular flexibility index (Phi) is 5.48. The number of halogens is 1. The zero-order valence-electron chi connectivity index (χ0n) is 18.0. The molecule has 164 valence electrons. The number of rotatable bonds is 4. The first-order chi connectivity index (χ1) is 16.1. The largest absolute Gasteiger partial charge is 0.340 e. The van der Waals surface area contributed by atoms with Gasteiger partial charge in [0.05, 0.1) is 12.2 Å². The first-order valence-corrected chi connectivity index (χ1v) is 10.6. The Morgan fingerprint density at radius 3 is 2.61 bits per heavy atom. The second-order valence-corrected chi connectivity index (χ2v) is 7.86. The Hall–Kier alpha value is -4.20. The molecule has 0 radical (unpaired) electrons. The van der Waals surface area contributed by atoms with Crippen molar-refractivity contribution in [1.82, 2.24) is 24.8 Å². The first-order valence-electron chi connectivity index (χ1n) is 10.6. The average molecular weight is 440 g/mol. The summed E-state index contributed by atoms with van der Waals surface area (Å²) in [5, 5.41) is 3.29. The normalized spacial score (nSPS) is 12.8. The van der Waals surface area contributed by atoms with Gasteiger partial charge in [-0.25, -0.2) is 14.4 Å². The van der Waals surface area contributed by atoms with Crippen LogP contribution in [0.15, 0.2) is 67.3 Å². The van der Waals surface area contributed by atoms with Gasteiger partial charge in [-0.3, -0.25) is 14.8 Å². The van der Waals surface area contributed by atoms with Crippen LogP contribution in [0, 0.1) is 12.7 Å². The van der Waals surface area contributed by atoms with E-state index in [0.29, 0.717) is 42.4 Å². The molecular formula is C25H21FN6O. The topological polar surface area (TPSA) is 83.9 Å². The highest BCUT2D eigenvalue weighted by atomic mass is 19.1. The van der Waals surface area contributed by atoms with E-state index < -0.39 is 0 Å². The summed E-state index contributed by atoms with van der Waals surface area (Å²) in [5.74, 6) is 0.779. The highest BCUT2D eigenvalue weighted by Crippen LogP contribution is 2.30. The van der Waals surface area contributed by atoms with Crippen LogP contribution in [0.25, 0.3) is 11.4 Å². The van der Waals surface area contributed by atoms with Crippen molar-refractivity contribution in [3.05, 3.63) is 95.5 Å². The van der Waals surface area contributed by atoms with E-state index in [1.165, 1.54) is 12.1 Å². The fourth-order valence-electron chi connectivity index (χ4n) is 3.87. The maximum absolute atomic E-state index is 13.4. The van der Waals surface area contributed by atoms with Gasteiger partial charge in [0.1, 0.15) is 11.6 Å². The van der Waals surface area contributed by atoms with Crippen molar-refractivity contribution in [3.63, 3.8) is 0 Å². The molecule has 0 saturated carbocycles. The average Bonchev–Trinajstić information content (AvgIpc) is 2.85. The van der Waals surface area contributed by atoms with Gasteiger partial charge in [-0.1, -0.05) is 0 Å². The molecule has 5 rings (SSSR count). The maximum Gasteiger partial charge on any atom is 0.254 e. The Bertz CT molecular complexity index is 1310. The number of hydrogen-bond donors (Lipinski definition) is 1. The lowest BCUT2D eigenvalue weighted by Gasteiger charge is -2.30. The molecule has 33 heavy (non-hydrogen) atoms. The fraction of sp³-hybridized carbons (Fsp3) is 0.160. The van der Waals surface area contributed by atoms with Crippen LogP contribution in [0.3, 0.4) is 0 Å². The minimum absolute atomic E-state index is 0.0513. The van der Waals surface area contributed by atoms with Crippen molar-refractivity contribution in [2.75, 3.05) is 11.9 Å². The number of carbonyl (C=O) groups excluding carboxylic acids is 1. The molecule has 7 nitrogen and oxygen atoms in total. The molecule has 4 aromatic rings. The third kappa shape index (κ3) is 4.27. The number of benzene rings is 1. The molecule has 1 aliphatic heterocycles. The lowest BCUT2D eigenvalue weighted by molar-refractivity contribution is 0.0733. The van der Waals surface area contributed by atoms with E-state index in [1.54, 1.807) is 47.9 Å². The van der Waals surface area contributed by atoms with Crippen molar-refractivity contribution < 1.29 is 9.18 Å². The third-order valence-electron chi connectivity index (χ3n) is 5.62. The number of anilines is 2. The van der Waals surface area contributed by atoms with E-state index >= 15 is 0 Å². The second kappa shape index (κ2) is 8.74. The van der Waals surface area contributed by atoms with Gasteiger partial charge in [-0.05, 0) is 55.0 Å². The van der Waals surface area contributed by atoms with Crippen molar-refractivity contribution in [2.24, 2.45) is 0 Å². The number of aryl methyl sites for hydroxylation is 1. The Morgan fingerprint density at radius 2 is 1.85 bits per heavy atom. The van der Waals surface area contributed by atoms with Crippen LogP contribution in [-0.2, 0) is 13.0 Å². The van der Waals surface area contributed by atoms with Crippen molar-refractivity contribution >= 4 is 17.4 Å². The van der Waals surface area contributed by atoms with E-state index in [2.05, 4.69) is 15.3 Å². The smallest absolute Gasteiger partial charge is 0.254 e. The number of nitrogens with one attached hydrogen (secondary N) is 1. The van der Waals surface area contributed by atoms with Gasteiger partial charge in [0, 0.05) is 60.1 Å². The SMILES string of the molecule is Cc1cnccc1C(=O)N1CCc2nc(-c3cccnc3)nc(Nc3ccc(F)cc3)c2C1. The highest BCUT2D eigenvalue weighted by molar-refractivity contribution is 5.95. The molecule has 0 unspecified atom stereocenters. The molecular weight excluding hydrogens is 419 g/mol. The number of nitrogens with zero attached hydrogens (tertiary/aromatic N) is 5. The highest BCUT2D eigenvalue weighted by Gasteiger charge is 2.27. The Morgan fingerprint density at radius 1 is 1.03 bits per heavy atom. The summed E-state index contributed by atoms with van der Waals surface area (Å²) in [6, 6.07) is 11.6. The molecule has 3 aromatic heterocycles. The molecule has 1 aliphatic rings. The van der Waals surface area contributed by atoms with Crippen LogP contribution >= 0.6 is 0 Å². The van der Waals surface area contributed by atoms with Gasteiger partial charge >= 0.3 is 0 Å². The second-order valence-electron chi connectivity index (χ2n) is 7.86. The van der Waals surface area contributed by atoms with Gasteiger partial charge < -0.3 is 10.2 Å². The van der Waals surface area contributed by atoms with Crippen LogP contribution in [-0.4, -0.2) is 37.3 Å². The molecule has 0 fully saturated rings. The summed E-state index contributed by atoms with van der Waals surface area (Å²) < 4.78 is 13.4. The van der Waals surface area contributed by atoms with E-state index in [-0.39, 0.29) is 11.7 Å². The molecule has 4 heterocycles. The molecule has 1 aromatic carbocycles. The van der Waals surface area contributed by atoms with Crippen LogP contribution in [0.5, 0.6) is 0 Å². The predicted octanol–water partition coefficient (Wildman–Crippen LogP) is 4.32. The zero-order valence-corrected chi connectivity index (χ0v) is 18.0. The maximum atomic E-state index is 13.4. The van der Waals surface area contributed by atoms with Crippen molar-refractivity contribution in [2.45, 2.75) is 19.9 Å². The van der Waals surface area contributed by atoms with Crippen LogP contribution in [0.1, 0.15) is 27.2 Å². The summed E-state index contributed by atoms with van der Waals surface area (Å²) in [5.41, 5.74) is 4.69.